The van der Waals surface area contributed by atoms with Crippen LogP contribution in [-0.4, -0.2) is 62.1 Å². The van der Waals surface area contributed by atoms with Gasteiger partial charge in [0, 0.05) is 39.1 Å². The second-order valence-electron chi connectivity index (χ2n) is 6.22. The number of halogens is 1. The molecule has 1 saturated heterocycles. The number of rotatable bonds is 6. The number of ether oxygens (including phenoxy) is 1. The molecule has 26 heavy (non-hydrogen) atoms. The van der Waals surface area contributed by atoms with Crippen molar-refractivity contribution < 1.29 is 9.53 Å². The van der Waals surface area contributed by atoms with Crippen LogP contribution in [0.15, 0.2) is 10.4 Å². The second-order valence-corrected chi connectivity index (χ2v) is 7.06. The van der Waals surface area contributed by atoms with Gasteiger partial charge in [-0.05, 0) is 26.7 Å². The van der Waals surface area contributed by atoms with Crippen LogP contribution in [0, 0.1) is 5.92 Å². The van der Waals surface area contributed by atoms with Crippen molar-refractivity contribution in [2.45, 2.75) is 33.2 Å². The SMILES string of the molecule is CCNC(=NCc1csc(N(C)C)n1)N1CCCC(C(=O)OCC)C1.I. The van der Waals surface area contributed by atoms with Gasteiger partial charge in [0.15, 0.2) is 11.1 Å². The Morgan fingerprint density at radius 3 is 2.88 bits per heavy atom. The van der Waals surface area contributed by atoms with Gasteiger partial charge in [-0.25, -0.2) is 9.98 Å². The number of aromatic nitrogens is 1. The molecule has 0 aromatic carbocycles. The van der Waals surface area contributed by atoms with Crippen molar-refractivity contribution in [3.8, 4) is 0 Å². The monoisotopic (exact) mass is 495 g/mol. The van der Waals surface area contributed by atoms with E-state index in [-0.39, 0.29) is 35.9 Å². The number of anilines is 1. The number of piperidine rings is 1. The van der Waals surface area contributed by atoms with E-state index in [1.54, 1.807) is 11.3 Å². The fourth-order valence-electron chi connectivity index (χ4n) is 2.78. The Kier molecular flexibility index (Phi) is 10.2. The summed E-state index contributed by atoms with van der Waals surface area (Å²) in [6.07, 6.45) is 1.85. The van der Waals surface area contributed by atoms with Gasteiger partial charge in [0.25, 0.3) is 0 Å². The van der Waals surface area contributed by atoms with E-state index in [2.05, 4.69) is 22.1 Å². The Labute approximate surface area is 177 Å². The van der Waals surface area contributed by atoms with Crippen LogP contribution in [0.2, 0.25) is 0 Å². The first-order chi connectivity index (χ1) is 12.0. The summed E-state index contributed by atoms with van der Waals surface area (Å²) in [7, 11) is 3.97. The van der Waals surface area contributed by atoms with Gasteiger partial charge < -0.3 is 19.9 Å². The Balaban J connectivity index is 0.00000338. The Hall–Kier alpha value is -1.10. The van der Waals surface area contributed by atoms with Crippen molar-refractivity contribution in [1.82, 2.24) is 15.2 Å². The van der Waals surface area contributed by atoms with Gasteiger partial charge in [0.05, 0.1) is 24.8 Å². The molecule has 1 N–H and O–H groups in total. The van der Waals surface area contributed by atoms with Crippen LogP contribution in [-0.2, 0) is 16.1 Å². The molecule has 0 saturated carbocycles. The topological polar surface area (TPSA) is 70.1 Å². The van der Waals surface area contributed by atoms with Crippen LogP contribution in [0.4, 0.5) is 5.13 Å². The molecule has 1 aliphatic rings. The average molecular weight is 495 g/mol. The smallest absolute Gasteiger partial charge is 0.310 e. The highest BCUT2D eigenvalue weighted by Gasteiger charge is 2.28. The molecule has 2 rings (SSSR count). The summed E-state index contributed by atoms with van der Waals surface area (Å²) in [5.74, 6) is 0.672. The number of hydrogen-bond acceptors (Lipinski definition) is 6. The van der Waals surface area contributed by atoms with E-state index in [1.165, 1.54) is 0 Å². The summed E-state index contributed by atoms with van der Waals surface area (Å²) in [6.45, 7) is 7.22. The van der Waals surface area contributed by atoms with Gasteiger partial charge in [0.1, 0.15) is 0 Å². The predicted octanol–water partition coefficient (Wildman–Crippen LogP) is 2.57. The third-order valence-electron chi connectivity index (χ3n) is 3.99. The first kappa shape index (κ1) is 22.9. The number of carbonyl (C=O) groups is 1. The summed E-state index contributed by atoms with van der Waals surface area (Å²) in [5, 5.41) is 6.36. The molecule has 0 amide bonds. The zero-order valence-corrected chi connectivity index (χ0v) is 19.2. The van der Waals surface area contributed by atoms with E-state index < -0.39 is 0 Å². The standard InChI is InChI=1S/C17H29N5O2S.HI/c1-5-18-16(19-10-14-12-25-17(20-14)21(3)4)22-9-7-8-13(11-22)15(23)24-6-2;/h12-13H,5-11H2,1-4H3,(H,18,19);1H. The quantitative estimate of drug-likeness (QED) is 0.283. The number of nitrogens with one attached hydrogen (secondary N) is 1. The molecule has 1 aliphatic heterocycles. The van der Waals surface area contributed by atoms with E-state index >= 15 is 0 Å². The number of esters is 1. The molecule has 9 heteroatoms. The average Bonchev–Trinajstić information content (AvgIpc) is 3.08. The van der Waals surface area contributed by atoms with Gasteiger partial charge in [-0.15, -0.1) is 35.3 Å². The van der Waals surface area contributed by atoms with E-state index in [0.717, 1.165) is 42.7 Å². The highest BCUT2D eigenvalue weighted by Crippen LogP contribution is 2.20. The van der Waals surface area contributed by atoms with E-state index in [1.807, 2.05) is 31.3 Å². The van der Waals surface area contributed by atoms with Crippen molar-refractivity contribution in [3.05, 3.63) is 11.1 Å². The van der Waals surface area contributed by atoms with Crippen LogP contribution in [0.5, 0.6) is 0 Å². The summed E-state index contributed by atoms with van der Waals surface area (Å²) in [5.41, 5.74) is 0.961. The normalized spacial score (nSPS) is 17.5. The lowest BCUT2D eigenvalue weighted by Crippen LogP contribution is -2.48. The molecule has 7 nitrogen and oxygen atoms in total. The molecule has 148 valence electrons. The molecule has 2 heterocycles. The Morgan fingerprint density at radius 1 is 1.50 bits per heavy atom. The lowest BCUT2D eigenvalue weighted by molar-refractivity contribution is -0.149. The van der Waals surface area contributed by atoms with Gasteiger partial charge in [-0.2, -0.15) is 0 Å². The number of aliphatic imine (C=N–C) groups is 1. The summed E-state index contributed by atoms with van der Waals surface area (Å²) < 4.78 is 5.18. The van der Waals surface area contributed by atoms with Crippen LogP contribution < -0.4 is 10.2 Å². The van der Waals surface area contributed by atoms with Crippen LogP contribution >= 0.6 is 35.3 Å². The van der Waals surface area contributed by atoms with Crippen molar-refractivity contribution in [2.24, 2.45) is 10.9 Å². The maximum atomic E-state index is 12.0. The minimum absolute atomic E-state index is 0. The second kappa shape index (κ2) is 11.6. The number of hydrogen-bond donors (Lipinski definition) is 1. The van der Waals surface area contributed by atoms with E-state index in [9.17, 15) is 4.79 Å². The molecule has 1 aromatic heterocycles. The lowest BCUT2D eigenvalue weighted by Gasteiger charge is -2.34. The van der Waals surface area contributed by atoms with Gasteiger partial charge in [-0.1, -0.05) is 0 Å². The third kappa shape index (κ3) is 6.57. The Morgan fingerprint density at radius 2 is 2.27 bits per heavy atom. The van der Waals surface area contributed by atoms with Crippen molar-refractivity contribution in [1.29, 1.82) is 0 Å². The summed E-state index contributed by atoms with van der Waals surface area (Å²) in [4.78, 5) is 25.5. The number of nitrogens with zero attached hydrogens (tertiary/aromatic N) is 4. The van der Waals surface area contributed by atoms with Gasteiger partial charge in [0.2, 0.25) is 0 Å². The minimum Gasteiger partial charge on any atom is -0.466 e. The molecule has 0 radical (unpaired) electrons. The first-order valence-electron chi connectivity index (χ1n) is 8.86. The molecule has 0 aliphatic carbocycles. The number of likely N-dealkylation sites (tertiary alicyclic amines) is 1. The molecule has 1 aromatic rings. The molecule has 1 unspecified atom stereocenters. The van der Waals surface area contributed by atoms with Crippen molar-refractivity contribution in [3.63, 3.8) is 0 Å². The lowest BCUT2D eigenvalue weighted by atomic mass is 9.98. The fraction of sp³-hybridized carbons (Fsp3) is 0.706. The highest BCUT2D eigenvalue weighted by atomic mass is 127. The summed E-state index contributed by atoms with van der Waals surface area (Å²) in [6, 6.07) is 0. The van der Waals surface area contributed by atoms with Crippen LogP contribution in [0.3, 0.4) is 0 Å². The van der Waals surface area contributed by atoms with Crippen molar-refractivity contribution in [2.75, 3.05) is 45.2 Å². The number of thiazole rings is 1. The molecule has 0 spiro atoms. The van der Waals surface area contributed by atoms with E-state index in [4.69, 9.17) is 9.73 Å². The third-order valence-corrected chi connectivity index (χ3v) is 5.05. The van der Waals surface area contributed by atoms with Crippen LogP contribution in [0.25, 0.3) is 0 Å². The zero-order chi connectivity index (χ0) is 18.2. The zero-order valence-electron chi connectivity index (χ0n) is 16.0. The molecular weight excluding hydrogens is 465 g/mol. The molecule has 1 fully saturated rings. The molecular formula is C17H30IN5O2S. The van der Waals surface area contributed by atoms with Crippen molar-refractivity contribution >= 4 is 52.4 Å². The number of guanidine groups is 1. The summed E-state index contributed by atoms with van der Waals surface area (Å²) >= 11 is 1.62. The maximum absolute atomic E-state index is 12.0. The molecule has 1 atom stereocenters. The number of carbonyl (C=O) groups excluding carboxylic acids is 1. The first-order valence-corrected chi connectivity index (χ1v) is 9.74. The highest BCUT2D eigenvalue weighted by molar-refractivity contribution is 14.0. The fourth-order valence-corrected chi connectivity index (χ4v) is 3.53. The largest absolute Gasteiger partial charge is 0.466 e. The van der Waals surface area contributed by atoms with E-state index in [0.29, 0.717) is 19.7 Å². The van der Waals surface area contributed by atoms with Gasteiger partial charge in [-0.3, -0.25) is 4.79 Å². The Bertz CT molecular complexity index is 593. The predicted molar refractivity (Wildman–Crippen MR) is 118 cm³/mol. The maximum Gasteiger partial charge on any atom is 0.310 e. The van der Waals surface area contributed by atoms with Gasteiger partial charge >= 0.3 is 5.97 Å². The minimum atomic E-state index is -0.0989. The molecule has 0 bridgehead atoms. The van der Waals surface area contributed by atoms with Crippen LogP contribution in [0.1, 0.15) is 32.4 Å².